The SMILES string of the molecule is COc1cc(Nc2nc(N)c(-c3nc(-c4cc(NC(=O)C5CCCC5O)ccc4C)no3)s2)cc(OC)c1OC. The summed E-state index contributed by atoms with van der Waals surface area (Å²) in [5.74, 6) is 1.64. The van der Waals surface area contributed by atoms with Crippen molar-refractivity contribution >= 4 is 39.6 Å². The number of ether oxygens (including phenoxy) is 3. The van der Waals surface area contributed by atoms with Crippen molar-refractivity contribution in [3.05, 3.63) is 35.9 Å². The molecule has 40 heavy (non-hydrogen) atoms. The average Bonchev–Trinajstić information content (AvgIpc) is 3.69. The molecule has 2 atom stereocenters. The number of anilines is 4. The number of aromatic nitrogens is 3. The predicted molar refractivity (Wildman–Crippen MR) is 151 cm³/mol. The van der Waals surface area contributed by atoms with Gasteiger partial charge < -0.3 is 40.2 Å². The third-order valence-electron chi connectivity index (χ3n) is 6.75. The number of amides is 1. The topological polar surface area (TPSA) is 167 Å². The molecule has 12 nitrogen and oxygen atoms in total. The number of carbonyl (C=O) groups is 1. The number of aliphatic hydroxyl groups is 1. The van der Waals surface area contributed by atoms with E-state index < -0.39 is 12.0 Å². The number of thiazole rings is 1. The molecule has 2 heterocycles. The van der Waals surface area contributed by atoms with E-state index in [1.165, 1.54) is 18.4 Å². The van der Waals surface area contributed by atoms with Crippen LogP contribution in [0.2, 0.25) is 0 Å². The number of rotatable bonds is 9. The monoisotopic (exact) mass is 566 g/mol. The van der Waals surface area contributed by atoms with Gasteiger partial charge in [0, 0.05) is 29.1 Å². The van der Waals surface area contributed by atoms with Crippen molar-refractivity contribution in [3.63, 3.8) is 0 Å². The van der Waals surface area contributed by atoms with Crippen molar-refractivity contribution in [2.24, 2.45) is 5.92 Å². The lowest BCUT2D eigenvalue weighted by molar-refractivity contribution is -0.122. The molecule has 1 saturated carbocycles. The highest BCUT2D eigenvalue weighted by atomic mass is 32.1. The van der Waals surface area contributed by atoms with E-state index >= 15 is 0 Å². The summed E-state index contributed by atoms with van der Waals surface area (Å²) in [6.45, 7) is 1.91. The number of aliphatic hydroxyl groups excluding tert-OH is 1. The molecule has 2 unspecified atom stereocenters. The summed E-state index contributed by atoms with van der Waals surface area (Å²) < 4.78 is 21.8. The number of aryl methyl sites for hydroxylation is 1. The van der Waals surface area contributed by atoms with Gasteiger partial charge in [-0.3, -0.25) is 4.79 Å². The number of methoxy groups -OCH3 is 3. The van der Waals surface area contributed by atoms with Crippen LogP contribution in [-0.4, -0.2) is 53.6 Å². The standard InChI is InChI=1S/C27H30N6O6S/c1-13-8-9-14(29-25(35)16-6-5-7-18(16)34)10-17(13)24-32-26(39-33-24)22-23(28)31-27(40-22)30-15-11-19(36-2)21(38-4)20(12-15)37-3/h8-12,16,18,34H,5-7,28H2,1-4H3,(H,29,35)(H,30,31). The van der Waals surface area contributed by atoms with Gasteiger partial charge in [-0.2, -0.15) is 4.98 Å². The van der Waals surface area contributed by atoms with Crippen molar-refractivity contribution in [3.8, 4) is 39.4 Å². The van der Waals surface area contributed by atoms with Crippen LogP contribution in [0.1, 0.15) is 24.8 Å². The Kier molecular flexibility index (Phi) is 7.76. The van der Waals surface area contributed by atoms with Gasteiger partial charge in [0.2, 0.25) is 17.5 Å². The zero-order chi connectivity index (χ0) is 28.4. The molecule has 0 saturated heterocycles. The Labute approximate surface area is 234 Å². The summed E-state index contributed by atoms with van der Waals surface area (Å²) in [6.07, 6.45) is 1.54. The van der Waals surface area contributed by atoms with Gasteiger partial charge in [0.1, 0.15) is 10.7 Å². The average molecular weight is 567 g/mol. The van der Waals surface area contributed by atoms with E-state index in [2.05, 4.69) is 25.8 Å². The van der Waals surface area contributed by atoms with Crippen LogP contribution < -0.4 is 30.6 Å². The molecule has 4 aromatic rings. The van der Waals surface area contributed by atoms with Crippen LogP contribution in [-0.2, 0) is 4.79 Å². The van der Waals surface area contributed by atoms with Gasteiger partial charge in [0.15, 0.2) is 16.6 Å². The number of nitrogens with two attached hydrogens (primary N) is 1. The highest BCUT2D eigenvalue weighted by molar-refractivity contribution is 7.19. The second-order valence-electron chi connectivity index (χ2n) is 9.32. The molecule has 1 aliphatic carbocycles. The summed E-state index contributed by atoms with van der Waals surface area (Å²) in [6, 6.07) is 8.97. The summed E-state index contributed by atoms with van der Waals surface area (Å²) in [7, 11) is 4.62. The molecular formula is C27H30N6O6S. The Morgan fingerprint density at radius 1 is 1.07 bits per heavy atom. The molecule has 0 spiro atoms. The zero-order valence-corrected chi connectivity index (χ0v) is 23.3. The van der Waals surface area contributed by atoms with Gasteiger partial charge >= 0.3 is 0 Å². The minimum atomic E-state index is -0.609. The number of nitrogens with one attached hydrogen (secondary N) is 2. The highest BCUT2D eigenvalue weighted by Gasteiger charge is 2.31. The maximum Gasteiger partial charge on any atom is 0.272 e. The molecule has 2 aromatic carbocycles. The Balaban J connectivity index is 1.36. The van der Waals surface area contributed by atoms with E-state index in [4.69, 9.17) is 24.5 Å². The fourth-order valence-electron chi connectivity index (χ4n) is 4.66. The molecule has 0 bridgehead atoms. The maximum absolute atomic E-state index is 12.7. The molecule has 0 aliphatic heterocycles. The third-order valence-corrected chi connectivity index (χ3v) is 7.73. The Morgan fingerprint density at radius 3 is 2.48 bits per heavy atom. The fourth-order valence-corrected chi connectivity index (χ4v) is 5.49. The van der Waals surface area contributed by atoms with E-state index in [0.29, 0.717) is 62.9 Å². The minimum Gasteiger partial charge on any atom is -0.493 e. The van der Waals surface area contributed by atoms with Crippen LogP contribution >= 0.6 is 11.3 Å². The molecule has 210 valence electrons. The molecule has 0 radical (unpaired) electrons. The van der Waals surface area contributed by atoms with Crippen molar-refractivity contribution in [1.82, 2.24) is 15.1 Å². The molecule has 1 amide bonds. The minimum absolute atomic E-state index is 0.196. The molecule has 1 aliphatic rings. The fraction of sp³-hybridized carbons (Fsp3) is 0.333. The van der Waals surface area contributed by atoms with Gasteiger partial charge in [-0.15, -0.1) is 0 Å². The summed E-state index contributed by atoms with van der Waals surface area (Å²) in [4.78, 5) is 22.1. The number of benzene rings is 2. The molecular weight excluding hydrogens is 536 g/mol. The van der Waals surface area contributed by atoms with Crippen molar-refractivity contribution in [2.45, 2.75) is 32.3 Å². The van der Waals surface area contributed by atoms with E-state index in [1.54, 1.807) is 38.5 Å². The Bertz CT molecular complexity index is 1510. The van der Waals surface area contributed by atoms with Crippen LogP contribution in [0.3, 0.4) is 0 Å². The number of nitrogens with zero attached hydrogens (tertiary/aromatic N) is 3. The molecule has 5 N–H and O–H groups in total. The van der Waals surface area contributed by atoms with E-state index in [1.807, 2.05) is 13.0 Å². The quantitative estimate of drug-likeness (QED) is 0.223. The second-order valence-corrected chi connectivity index (χ2v) is 10.3. The van der Waals surface area contributed by atoms with Crippen molar-refractivity contribution in [1.29, 1.82) is 0 Å². The maximum atomic E-state index is 12.7. The molecule has 5 rings (SSSR count). The van der Waals surface area contributed by atoms with Gasteiger partial charge in [0.05, 0.1) is 33.4 Å². The molecule has 13 heteroatoms. The summed E-state index contributed by atoms with van der Waals surface area (Å²) >= 11 is 1.25. The third kappa shape index (κ3) is 5.38. The molecule has 1 fully saturated rings. The number of carbonyl (C=O) groups excluding carboxylic acids is 1. The van der Waals surface area contributed by atoms with Crippen LogP contribution in [0.25, 0.3) is 22.2 Å². The summed E-state index contributed by atoms with van der Waals surface area (Å²) in [5, 5.41) is 20.8. The highest BCUT2D eigenvalue weighted by Crippen LogP contribution is 2.42. The van der Waals surface area contributed by atoms with Crippen LogP contribution in [0.5, 0.6) is 17.2 Å². The lowest BCUT2D eigenvalue weighted by atomic mass is 10.0. The Hall–Kier alpha value is -4.36. The van der Waals surface area contributed by atoms with Crippen LogP contribution in [0, 0.1) is 12.8 Å². The summed E-state index contributed by atoms with van der Waals surface area (Å²) in [5.41, 5.74) is 9.04. The van der Waals surface area contributed by atoms with Crippen molar-refractivity contribution in [2.75, 3.05) is 37.7 Å². The number of hydrogen-bond acceptors (Lipinski definition) is 12. The van der Waals surface area contributed by atoms with E-state index in [-0.39, 0.29) is 17.6 Å². The lowest BCUT2D eigenvalue weighted by Crippen LogP contribution is -2.28. The number of hydrogen-bond donors (Lipinski definition) is 4. The second kappa shape index (κ2) is 11.4. The largest absolute Gasteiger partial charge is 0.493 e. The normalized spacial score (nSPS) is 16.5. The first-order valence-corrected chi connectivity index (χ1v) is 13.4. The first-order chi connectivity index (χ1) is 19.3. The first kappa shape index (κ1) is 27.2. The van der Waals surface area contributed by atoms with E-state index in [0.717, 1.165) is 12.0 Å². The van der Waals surface area contributed by atoms with Gasteiger partial charge in [-0.1, -0.05) is 22.6 Å². The van der Waals surface area contributed by atoms with Gasteiger partial charge in [-0.25, -0.2) is 4.98 Å². The predicted octanol–water partition coefficient (Wildman–Crippen LogP) is 4.62. The lowest BCUT2D eigenvalue weighted by Gasteiger charge is -2.15. The molecule has 2 aromatic heterocycles. The van der Waals surface area contributed by atoms with Crippen LogP contribution in [0.4, 0.5) is 22.3 Å². The van der Waals surface area contributed by atoms with Gasteiger partial charge in [-0.05, 0) is 43.9 Å². The van der Waals surface area contributed by atoms with Crippen molar-refractivity contribution < 1.29 is 28.6 Å². The number of nitrogen functional groups attached to an aromatic ring is 1. The van der Waals surface area contributed by atoms with Crippen LogP contribution in [0.15, 0.2) is 34.9 Å². The smallest absolute Gasteiger partial charge is 0.272 e. The first-order valence-electron chi connectivity index (χ1n) is 12.6. The Morgan fingerprint density at radius 2 is 1.82 bits per heavy atom. The zero-order valence-electron chi connectivity index (χ0n) is 22.5. The van der Waals surface area contributed by atoms with E-state index in [9.17, 15) is 9.90 Å². The van der Waals surface area contributed by atoms with Gasteiger partial charge in [0.25, 0.3) is 5.89 Å².